The molecule has 0 spiro atoms. The lowest BCUT2D eigenvalue weighted by Crippen LogP contribution is -2.22. The number of benzene rings is 1. The number of hydrogen-bond acceptors (Lipinski definition) is 4. The number of aliphatic hydroxyl groups excluding tert-OH is 3. The van der Waals surface area contributed by atoms with Gasteiger partial charge in [0.05, 0.1) is 11.6 Å². The quantitative estimate of drug-likeness (QED) is 0.660. The Bertz CT molecular complexity index is 353. The number of carbonyl (C=O) groups excluding carboxylic acids is 1. The van der Waals surface area contributed by atoms with E-state index in [0.717, 1.165) is 0 Å². The lowest BCUT2D eigenvalue weighted by molar-refractivity contribution is -0.0152. The van der Waals surface area contributed by atoms with Crippen molar-refractivity contribution in [3.63, 3.8) is 0 Å². The largest absolute Gasteiger partial charge is 0.394 e. The van der Waals surface area contributed by atoms with E-state index in [1.54, 1.807) is 0 Å². The summed E-state index contributed by atoms with van der Waals surface area (Å²) in [6, 6.07) is 4.31. The Morgan fingerprint density at radius 3 is 2.60 bits per heavy atom. The van der Waals surface area contributed by atoms with E-state index in [1.165, 1.54) is 18.2 Å². The fourth-order valence-electron chi connectivity index (χ4n) is 1.16. The van der Waals surface area contributed by atoms with Gasteiger partial charge >= 0.3 is 0 Å². The molecule has 2 unspecified atom stereocenters. The van der Waals surface area contributed by atoms with E-state index >= 15 is 0 Å². The van der Waals surface area contributed by atoms with Crippen LogP contribution in [0, 0.1) is 0 Å². The first-order chi connectivity index (χ1) is 7.10. The molecule has 0 heterocycles. The SMILES string of the molecule is O=Cc1cc(C(O)C(O)CO)ccc1Cl. The Hall–Kier alpha value is -0.940. The Morgan fingerprint density at radius 2 is 2.07 bits per heavy atom. The van der Waals surface area contributed by atoms with Crippen molar-refractivity contribution in [3.8, 4) is 0 Å². The molecular weight excluding hydrogens is 220 g/mol. The Labute approximate surface area is 91.7 Å². The van der Waals surface area contributed by atoms with Crippen molar-refractivity contribution in [1.82, 2.24) is 0 Å². The summed E-state index contributed by atoms with van der Waals surface area (Å²) >= 11 is 5.69. The van der Waals surface area contributed by atoms with E-state index in [9.17, 15) is 15.0 Å². The third-order valence-electron chi connectivity index (χ3n) is 2.04. The van der Waals surface area contributed by atoms with Crippen molar-refractivity contribution in [2.75, 3.05) is 6.61 Å². The van der Waals surface area contributed by atoms with Crippen LogP contribution in [0.3, 0.4) is 0 Å². The van der Waals surface area contributed by atoms with Gasteiger partial charge in [-0.3, -0.25) is 4.79 Å². The summed E-state index contributed by atoms with van der Waals surface area (Å²) in [5.41, 5.74) is 0.571. The first-order valence-electron chi connectivity index (χ1n) is 4.31. The Morgan fingerprint density at radius 1 is 1.40 bits per heavy atom. The van der Waals surface area contributed by atoms with Crippen molar-refractivity contribution < 1.29 is 20.1 Å². The summed E-state index contributed by atoms with van der Waals surface area (Å²) in [5, 5.41) is 27.6. The molecule has 1 aromatic rings. The molecule has 0 fully saturated rings. The van der Waals surface area contributed by atoms with Crippen LogP contribution in [0.25, 0.3) is 0 Å². The molecule has 3 N–H and O–H groups in total. The van der Waals surface area contributed by atoms with Gasteiger partial charge in [0, 0.05) is 5.56 Å². The van der Waals surface area contributed by atoms with Gasteiger partial charge in [0.15, 0.2) is 6.29 Å². The highest BCUT2D eigenvalue weighted by Gasteiger charge is 2.18. The lowest BCUT2D eigenvalue weighted by atomic mass is 10.0. The fraction of sp³-hybridized carbons (Fsp3) is 0.300. The summed E-state index contributed by atoms with van der Waals surface area (Å²) in [6.45, 7) is -0.555. The van der Waals surface area contributed by atoms with Gasteiger partial charge in [-0.1, -0.05) is 17.7 Å². The van der Waals surface area contributed by atoms with Gasteiger partial charge in [-0.2, -0.15) is 0 Å². The van der Waals surface area contributed by atoms with E-state index in [0.29, 0.717) is 11.8 Å². The summed E-state index contributed by atoms with van der Waals surface area (Å²) in [4.78, 5) is 10.6. The highest BCUT2D eigenvalue weighted by atomic mass is 35.5. The number of halogens is 1. The third-order valence-corrected chi connectivity index (χ3v) is 2.38. The number of aliphatic hydroxyl groups is 3. The van der Waals surface area contributed by atoms with Gasteiger partial charge in [-0.25, -0.2) is 0 Å². The molecule has 0 saturated carbocycles. The minimum absolute atomic E-state index is 0.235. The van der Waals surface area contributed by atoms with Gasteiger partial charge < -0.3 is 15.3 Å². The van der Waals surface area contributed by atoms with Crippen LogP contribution in [0.5, 0.6) is 0 Å². The molecule has 0 aliphatic carbocycles. The van der Waals surface area contributed by atoms with Crippen molar-refractivity contribution in [3.05, 3.63) is 34.3 Å². The molecule has 1 rings (SSSR count). The lowest BCUT2D eigenvalue weighted by Gasteiger charge is -2.16. The van der Waals surface area contributed by atoms with E-state index < -0.39 is 18.8 Å². The van der Waals surface area contributed by atoms with Crippen molar-refractivity contribution in [2.45, 2.75) is 12.2 Å². The molecule has 5 heteroatoms. The van der Waals surface area contributed by atoms with Crippen LogP contribution in [0.15, 0.2) is 18.2 Å². The maximum absolute atomic E-state index is 10.6. The van der Waals surface area contributed by atoms with Crippen LogP contribution < -0.4 is 0 Å². The van der Waals surface area contributed by atoms with E-state index in [2.05, 4.69) is 0 Å². The Balaban J connectivity index is 3.00. The topological polar surface area (TPSA) is 77.8 Å². The first kappa shape index (κ1) is 12.1. The molecule has 0 amide bonds. The highest BCUT2D eigenvalue weighted by Crippen LogP contribution is 2.22. The summed E-state index contributed by atoms with van der Waals surface area (Å²) < 4.78 is 0. The minimum atomic E-state index is -1.27. The van der Waals surface area contributed by atoms with Crippen LogP contribution in [0.2, 0.25) is 5.02 Å². The minimum Gasteiger partial charge on any atom is -0.394 e. The second-order valence-corrected chi connectivity index (χ2v) is 3.50. The summed E-state index contributed by atoms with van der Waals surface area (Å²) in [7, 11) is 0. The van der Waals surface area contributed by atoms with Crippen LogP contribution in [-0.4, -0.2) is 34.3 Å². The average molecular weight is 231 g/mol. The summed E-state index contributed by atoms with van der Waals surface area (Å²) in [6.07, 6.45) is -1.94. The van der Waals surface area contributed by atoms with Crippen LogP contribution in [0.4, 0.5) is 0 Å². The fourth-order valence-corrected chi connectivity index (χ4v) is 1.32. The van der Waals surface area contributed by atoms with E-state index in [-0.39, 0.29) is 10.6 Å². The standard InChI is InChI=1S/C10H11ClO4/c11-8-2-1-6(3-7(8)4-12)10(15)9(14)5-13/h1-4,9-10,13-15H,5H2. The Kier molecular flexibility index (Phi) is 4.23. The number of hydrogen-bond donors (Lipinski definition) is 3. The van der Waals surface area contributed by atoms with E-state index in [4.69, 9.17) is 16.7 Å². The molecule has 0 aliphatic rings. The van der Waals surface area contributed by atoms with Crippen molar-refractivity contribution in [1.29, 1.82) is 0 Å². The molecule has 15 heavy (non-hydrogen) atoms. The predicted octanol–water partition coefficient (Wildman–Crippen LogP) is 0.539. The molecular formula is C10H11ClO4. The maximum Gasteiger partial charge on any atom is 0.151 e. The zero-order chi connectivity index (χ0) is 11.4. The molecule has 0 aromatic heterocycles. The van der Waals surface area contributed by atoms with Crippen LogP contribution in [-0.2, 0) is 0 Å². The average Bonchev–Trinajstić information content (AvgIpc) is 2.27. The van der Waals surface area contributed by atoms with Gasteiger partial charge in [-0.05, 0) is 17.7 Å². The van der Waals surface area contributed by atoms with Crippen molar-refractivity contribution >= 4 is 17.9 Å². The highest BCUT2D eigenvalue weighted by molar-refractivity contribution is 6.32. The first-order valence-corrected chi connectivity index (χ1v) is 4.69. The van der Waals surface area contributed by atoms with Gasteiger partial charge in [0.1, 0.15) is 12.2 Å². The number of aldehydes is 1. The zero-order valence-corrected chi connectivity index (χ0v) is 8.55. The molecule has 0 radical (unpaired) electrons. The van der Waals surface area contributed by atoms with Crippen molar-refractivity contribution in [2.24, 2.45) is 0 Å². The predicted molar refractivity (Wildman–Crippen MR) is 54.9 cm³/mol. The maximum atomic E-state index is 10.6. The van der Waals surface area contributed by atoms with Crippen LogP contribution >= 0.6 is 11.6 Å². The van der Waals surface area contributed by atoms with E-state index in [1.807, 2.05) is 0 Å². The monoisotopic (exact) mass is 230 g/mol. The molecule has 0 bridgehead atoms. The normalized spacial score (nSPS) is 14.7. The number of rotatable bonds is 4. The zero-order valence-electron chi connectivity index (χ0n) is 7.80. The smallest absolute Gasteiger partial charge is 0.151 e. The molecule has 2 atom stereocenters. The molecule has 4 nitrogen and oxygen atoms in total. The molecule has 0 saturated heterocycles. The second kappa shape index (κ2) is 5.23. The van der Waals surface area contributed by atoms with Gasteiger partial charge in [-0.15, -0.1) is 0 Å². The molecule has 0 aliphatic heterocycles. The third kappa shape index (κ3) is 2.76. The van der Waals surface area contributed by atoms with Gasteiger partial charge in [0.2, 0.25) is 0 Å². The van der Waals surface area contributed by atoms with Gasteiger partial charge in [0.25, 0.3) is 0 Å². The molecule has 1 aromatic carbocycles. The van der Waals surface area contributed by atoms with Crippen LogP contribution in [0.1, 0.15) is 22.0 Å². The number of carbonyl (C=O) groups is 1. The summed E-state index contributed by atoms with van der Waals surface area (Å²) in [5.74, 6) is 0. The second-order valence-electron chi connectivity index (χ2n) is 3.09. The molecule has 82 valence electrons.